The van der Waals surface area contributed by atoms with E-state index in [9.17, 15) is 18.4 Å². The van der Waals surface area contributed by atoms with E-state index < -0.39 is 28.9 Å². The van der Waals surface area contributed by atoms with Crippen LogP contribution in [0, 0.1) is 28.4 Å². The standard InChI is InChI=1S/C13H10F2N2O2/c1-13(2,5-16)6-17-11(18)7-3-9(14)10(15)4-8(7)12(17)19/h3-4H,6H2,1-2H3. The SMILES string of the molecule is CC(C)(C#N)CN1C(=O)c2cc(F)c(F)cc2C1=O. The van der Waals surface area contributed by atoms with Gasteiger partial charge in [0.25, 0.3) is 11.8 Å². The van der Waals surface area contributed by atoms with E-state index in [1.807, 2.05) is 6.07 Å². The Hall–Kier alpha value is -2.29. The minimum absolute atomic E-state index is 0.126. The number of hydrogen-bond acceptors (Lipinski definition) is 3. The van der Waals surface area contributed by atoms with Crippen LogP contribution in [0.1, 0.15) is 34.6 Å². The molecule has 1 heterocycles. The van der Waals surface area contributed by atoms with E-state index in [0.29, 0.717) is 12.1 Å². The Kier molecular flexibility index (Phi) is 2.85. The van der Waals surface area contributed by atoms with E-state index in [4.69, 9.17) is 5.26 Å². The van der Waals surface area contributed by atoms with Crippen molar-refractivity contribution in [3.05, 3.63) is 34.9 Å². The molecular weight excluding hydrogens is 254 g/mol. The van der Waals surface area contributed by atoms with Gasteiger partial charge in [0.15, 0.2) is 11.6 Å². The lowest BCUT2D eigenvalue weighted by atomic mass is 9.95. The number of benzene rings is 1. The molecule has 0 unspecified atom stereocenters. The summed E-state index contributed by atoms with van der Waals surface area (Å²) in [5.41, 5.74) is -1.26. The Morgan fingerprint density at radius 2 is 1.58 bits per heavy atom. The van der Waals surface area contributed by atoms with E-state index in [-0.39, 0.29) is 17.7 Å². The Bertz CT molecular complexity index is 591. The smallest absolute Gasteiger partial charge is 0.261 e. The van der Waals surface area contributed by atoms with Crippen LogP contribution in [0.3, 0.4) is 0 Å². The Balaban J connectivity index is 2.43. The number of halogens is 2. The summed E-state index contributed by atoms with van der Waals surface area (Å²) in [4.78, 5) is 24.8. The third kappa shape index (κ3) is 2.08. The second-order valence-corrected chi connectivity index (χ2v) is 5.00. The van der Waals surface area contributed by atoms with Gasteiger partial charge in [-0.1, -0.05) is 0 Å². The monoisotopic (exact) mass is 264 g/mol. The number of nitrogens with zero attached hydrogens (tertiary/aromatic N) is 2. The molecule has 1 aromatic rings. The third-order valence-electron chi connectivity index (χ3n) is 2.87. The molecule has 2 rings (SSSR count). The molecule has 0 radical (unpaired) electrons. The third-order valence-corrected chi connectivity index (χ3v) is 2.87. The van der Waals surface area contributed by atoms with Crippen LogP contribution in [0.2, 0.25) is 0 Å². The minimum Gasteiger partial charge on any atom is -0.273 e. The average molecular weight is 264 g/mol. The molecule has 0 N–H and O–H groups in total. The van der Waals surface area contributed by atoms with E-state index in [2.05, 4.69) is 0 Å². The Morgan fingerprint density at radius 3 is 1.95 bits per heavy atom. The molecule has 98 valence electrons. The van der Waals surface area contributed by atoms with Crippen molar-refractivity contribution in [2.24, 2.45) is 5.41 Å². The quantitative estimate of drug-likeness (QED) is 0.768. The molecule has 4 nitrogen and oxygen atoms in total. The fourth-order valence-electron chi connectivity index (χ4n) is 1.86. The molecule has 0 spiro atoms. The molecule has 0 saturated heterocycles. The predicted molar refractivity (Wildman–Crippen MR) is 61.1 cm³/mol. The van der Waals surface area contributed by atoms with Crippen molar-refractivity contribution in [1.82, 2.24) is 4.90 Å². The summed E-state index contributed by atoms with van der Waals surface area (Å²) in [5.74, 6) is -3.77. The molecular formula is C13H10F2N2O2. The van der Waals surface area contributed by atoms with Gasteiger partial charge < -0.3 is 0 Å². The van der Waals surface area contributed by atoms with Crippen molar-refractivity contribution >= 4 is 11.8 Å². The van der Waals surface area contributed by atoms with Gasteiger partial charge in [-0.2, -0.15) is 5.26 Å². The fraction of sp³-hybridized carbons (Fsp3) is 0.308. The van der Waals surface area contributed by atoms with Gasteiger partial charge in [0, 0.05) is 6.54 Å². The summed E-state index contributed by atoms with van der Waals surface area (Å²) in [6.07, 6.45) is 0. The van der Waals surface area contributed by atoms with Crippen molar-refractivity contribution in [2.45, 2.75) is 13.8 Å². The molecule has 1 aliphatic heterocycles. The first-order chi connectivity index (χ1) is 8.76. The second kappa shape index (κ2) is 4.12. The van der Waals surface area contributed by atoms with Crippen LogP contribution in [0.5, 0.6) is 0 Å². The first kappa shape index (κ1) is 13.1. The summed E-state index contributed by atoms with van der Waals surface area (Å²) in [6, 6.07) is 3.39. The molecule has 0 atom stereocenters. The normalized spacial score (nSPS) is 14.6. The average Bonchev–Trinajstić information content (AvgIpc) is 2.56. The topological polar surface area (TPSA) is 61.2 Å². The highest BCUT2D eigenvalue weighted by Crippen LogP contribution is 2.28. The molecule has 1 aliphatic rings. The fourth-order valence-corrected chi connectivity index (χ4v) is 1.86. The van der Waals surface area contributed by atoms with Crippen LogP contribution in [0.15, 0.2) is 12.1 Å². The van der Waals surface area contributed by atoms with Crippen LogP contribution in [-0.2, 0) is 0 Å². The minimum atomic E-state index is -1.18. The number of imide groups is 1. The lowest BCUT2D eigenvalue weighted by Gasteiger charge is -2.22. The molecule has 6 heteroatoms. The summed E-state index contributed by atoms with van der Waals surface area (Å²) < 4.78 is 26.2. The first-order valence-electron chi connectivity index (χ1n) is 5.53. The number of amides is 2. The highest BCUT2D eigenvalue weighted by atomic mass is 19.2. The van der Waals surface area contributed by atoms with Crippen LogP contribution in [-0.4, -0.2) is 23.3 Å². The second-order valence-electron chi connectivity index (χ2n) is 5.00. The summed E-state index contributed by atoms with van der Waals surface area (Å²) in [5, 5.41) is 8.91. The Labute approximate surface area is 108 Å². The van der Waals surface area contributed by atoms with Crippen molar-refractivity contribution in [3.8, 4) is 6.07 Å². The Morgan fingerprint density at radius 1 is 1.16 bits per heavy atom. The van der Waals surface area contributed by atoms with Crippen LogP contribution in [0.25, 0.3) is 0 Å². The van der Waals surface area contributed by atoms with Gasteiger partial charge in [-0.25, -0.2) is 8.78 Å². The van der Waals surface area contributed by atoms with Crippen LogP contribution in [0.4, 0.5) is 8.78 Å². The molecule has 1 aromatic carbocycles. The van der Waals surface area contributed by atoms with E-state index in [0.717, 1.165) is 4.90 Å². The van der Waals surface area contributed by atoms with Gasteiger partial charge in [-0.05, 0) is 26.0 Å². The molecule has 19 heavy (non-hydrogen) atoms. The molecule has 0 aliphatic carbocycles. The molecule has 2 amide bonds. The molecule has 0 saturated carbocycles. The van der Waals surface area contributed by atoms with E-state index in [1.54, 1.807) is 13.8 Å². The number of nitriles is 1. The van der Waals surface area contributed by atoms with Crippen molar-refractivity contribution in [2.75, 3.05) is 6.54 Å². The number of fused-ring (bicyclic) bond motifs is 1. The summed E-state index contributed by atoms with van der Waals surface area (Å²) >= 11 is 0. The number of rotatable bonds is 2. The van der Waals surface area contributed by atoms with Gasteiger partial charge in [0.2, 0.25) is 0 Å². The van der Waals surface area contributed by atoms with Crippen molar-refractivity contribution in [1.29, 1.82) is 5.26 Å². The first-order valence-corrected chi connectivity index (χ1v) is 5.53. The zero-order chi connectivity index (χ0) is 14.4. The van der Waals surface area contributed by atoms with Gasteiger partial charge in [0.1, 0.15) is 0 Å². The molecule has 0 aromatic heterocycles. The zero-order valence-corrected chi connectivity index (χ0v) is 10.3. The number of carbonyl (C=O) groups is 2. The lowest BCUT2D eigenvalue weighted by molar-refractivity contribution is 0.0616. The van der Waals surface area contributed by atoms with Gasteiger partial charge in [0.05, 0.1) is 22.6 Å². The summed E-state index contributed by atoms with van der Waals surface area (Å²) in [7, 11) is 0. The lowest BCUT2D eigenvalue weighted by Crippen LogP contribution is -2.37. The zero-order valence-electron chi connectivity index (χ0n) is 10.3. The molecule has 0 fully saturated rings. The van der Waals surface area contributed by atoms with Crippen LogP contribution >= 0.6 is 0 Å². The highest BCUT2D eigenvalue weighted by Gasteiger charge is 2.39. The largest absolute Gasteiger partial charge is 0.273 e. The van der Waals surface area contributed by atoms with E-state index >= 15 is 0 Å². The number of carbonyl (C=O) groups excluding carboxylic acids is 2. The van der Waals surface area contributed by atoms with Crippen molar-refractivity contribution < 1.29 is 18.4 Å². The maximum atomic E-state index is 13.1. The maximum Gasteiger partial charge on any atom is 0.261 e. The molecule has 0 bridgehead atoms. The van der Waals surface area contributed by atoms with Gasteiger partial charge >= 0.3 is 0 Å². The van der Waals surface area contributed by atoms with Crippen LogP contribution < -0.4 is 0 Å². The van der Waals surface area contributed by atoms with E-state index in [1.165, 1.54) is 0 Å². The number of hydrogen-bond donors (Lipinski definition) is 0. The van der Waals surface area contributed by atoms with Crippen molar-refractivity contribution in [3.63, 3.8) is 0 Å². The van der Waals surface area contributed by atoms with Gasteiger partial charge in [-0.15, -0.1) is 0 Å². The predicted octanol–water partition coefficient (Wildman–Crippen LogP) is 2.11. The maximum absolute atomic E-state index is 13.1. The summed E-state index contributed by atoms with van der Waals surface area (Å²) in [6.45, 7) is 3.01. The van der Waals surface area contributed by atoms with Gasteiger partial charge in [-0.3, -0.25) is 14.5 Å². The highest BCUT2D eigenvalue weighted by molar-refractivity contribution is 6.21.